The van der Waals surface area contributed by atoms with E-state index in [2.05, 4.69) is 15.9 Å². The lowest BCUT2D eigenvalue weighted by molar-refractivity contribution is 0.0962. The molecule has 0 fully saturated rings. The Morgan fingerprint density at radius 1 is 1.47 bits per heavy atom. The lowest BCUT2D eigenvalue weighted by Gasteiger charge is -2.07. The fraction of sp³-hybridized carbons (Fsp3) is 0.100. The minimum absolute atomic E-state index is 0.0365. The van der Waals surface area contributed by atoms with Crippen LogP contribution in [0.2, 0.25) is 0 Å². The van der Waals surface area contributed by atoms with Crippen LogP contribution in [0.4, 0.5) is 0 Å². The monoisotopic (exact) mass is 301 g/mol. The highest BCUT2D eigenvalue weighted by molar-refractivity contribution is 9.10. The first-order valence-corrected chi connectivity index (χ1v) is 6.86. The van der Waals surface area contributed by atoms with Crippen LogP contribution in [-0.4, -0.2) is 5.78 Å². The van der Waals surface area contributed by atoms with Gasteiger partial charge in [0.2, 0.25) is 0 Å². The van der Waals surface area contributed by atoms with Crippen molar-refractivity contribution < 1.29 is 4.79 Å². The molecule has 2 heterocycles. The van der Waals surface area contributed by atoms with Crippen molar-refractivity contribution in [3.63, 3.8) is 0 Å². The molecule has 0 bridgehead atoms. The predicted molar refractivity (Wildman–Crippen MR) is 67.6 cm³/mol. The molecule has 2 N–H and O–H groups in total. The second-order valence-corrected chi connectivity index (χ2v) is 5.57. The number of ketones is 1. The molecule has 78 valence electrons. The summed E-state index contributed by atoms with van der Waals surface area (Å²) >= 11 is 6.33. The Morgan fingerprint density at radius 3 is 2.80 bits per heavy atom. The maximum atomic E-state index is 12.0. The molecule has 2 aromatic rings. The molecule has 0 aliphatic heterocycles. The van der Waals surface area contributed by atoms with Gasteiger partial charge < -0.3 is 5.73 Å². The molecule has 0 aromatic carbocycles. The number of hydrogen-bond acceptors (Lipinski definition) is 4. The zero-order valence-electron chi connectivity index (χ0n) is 7.64. The van der Waals surface area contributed by atoms with Gasteiger partial charge in [0.15, 0.2) is 5.78 Å². The van der Waals surface area contributed by atoms with E-state index in [9.17, 15) is 4.79 Å². The van der Waals surface area contributed by atoms with Gasteiger partial charge in [-0.05, 0) is 27.4 Å². The fourth-order valence-corrected chi connectivity index (χ4v) is 3.43. The van der Waals surface area contributed by atoms with Gasteiger partial charge in [0, 0.05) is 25.7 Å². The van der Waals surface area contributed by atoms with Crippen molar-refractivity contribution in [1.29, 1.82) is 0 Å². The number of halogens is 1. The zero-order chi connectivity index (χ0) is 10.8. The van der Waals surface area contributed by atoms with Gasteiger partial charge in [0.25, 0.3) is 0 Å². The van der Waals surface area contributed by atoms with Crippen molar-refractivity contribution in [2.75, 3.05) is 0 Å². The van der Waals surface area contributed by atoms with Gasteiger partial charge in [-0.25, -0.2) is 0 Å². The summed E-state index contributed by atoms with van der Waals surface area (Å²) in [7, 11) is 0. The van der Waals surface area contributed by atoms with Gasteiger partial charge >= 0.3 is 0 Å². The first kappa shape index (κ1) is 11.0. The second-order valence-electron chi connectivity index (χ2n) is 2.99. The Morgan fingerprint density at radius 2 is 2.27 bits per heavy atom. The van der Waals surface area contributed by atoms with E-state index in [0.717, 1.165) is 9.35 Å². The van der Waals surface area contributed by atoms with Crippen LogP contribution >= 0.6 is 38.6 Å². The van der Waals surface area contributed by atoms with E-state index in [1.807, 2.05) is 28.3 Å². The summed E-state index contributed by atoms with van der Waals surface area (Å²) in [5.41, 5.74) is 6.56. The van der Waals surface area contributed by atoms with Crippen LogP contribution in [-0.2, 0) is 0 Å². The predicted octanol–water partition coefficient (Wildman–Crippen LogP) is 3.45. The number of carbonyl (C=O) groups excluding carboxylic acids is 1. The third-order valence-corrected chi connectivity index (χ3v) is 4.67. The van der Waals surface area contributed by atoms with Gasteiger partial charge in [-0.3, -0.25) is 4.79 Å². The smallest absolute Gasteiger partial charge is 0.186 e. The van der Waals surface area contributed by atoms with Gasteiger partial charge in [-0.15, -0.1) is 11.3 Å². The maximum absolute atomic E-state index is 12.0. The zero-order valence-corrected chi connectivity index (χ0v) is 10.9. The van der Waals surface area contributed by atoms with Crippen LogP contribution < -0.4 is 5.73 Å². The normalized spacial score (nSPS) is 12.7. The summed E-state index contributed by atoms with van der Waals surface area (Å²) in [6.07, 6.45) is 0. The highest BCUT2D eigenvalue weighted by Gasteiger charge is 2.20. The molecule has 0 radical (unpaired) electrons. The standard InChI is InChI=1S/C10H8BrNOS2/c11-7-5-14-4-6(7)10(13)9(12)8-2-1-3-15-8/h1-5,9H,12H2. The van der Waals surface area contributed by atoms with Crippen LogP contribution in [0, 0.1) is 0 Å². The molecule has 1 unspecified atom stereocenters. The summed E-state index contributed by atoms with van der Waals surface area (Å²) in [6, 6.07) is 3.24. The molecular weight excluding hydrogens is 294 g/mol. The van der Waals surface area contributed by atoms with Crippen molar-refractivity contribution in [1.82, 2.24) is 0 Å². The van der Waals surface area contributed by atoms with Crippen LogP contribution in [0.15, 0.2) is 32.7 Å². The molecule has 0 amide bonds. The Kier molecular flexibility index (Phi) is 3.35. The molecule has 0 saturated carbocycles. The number of hydrogen-bond donors (Lipinski definition) is 1. The molecule has 2 rings (SSSR count). The number of nitrogens with two attached hydrogens (primary N) is 1. The van der Waals surface area contributed by atoms with Crippen LogP contribution in [0.1, 0.15) is 21.3 Å². The maximum Gasteiger partial charge on any atom is 0.186 e. The molecule has 0 saturated heterocycles. The summed E-state index contributed by atoms with van der Waals surface area (Å²) in [5, 5.41) is 5.62. The van der Waals surface area contributed by atoms with Crippen molar-refractivity contribution >= 4 is 44.4 Å². The lowest BCUT2D eigenvalue weighted by atomic mass is 10.1. The molecule has 0 spiro atoms. The highest BCUT2D eigenvalue weighted by atomic mass is 79.9. The van der Waals surface area contributed by atoms with Gasteiger partial charge in [-0.1, -0.05) is 6.07 Å². The third kappa shape index (κ3) is 2.20. The number of carbonyl (C=O) groups is 1. The van der Waals surface area contributed by atoms with Crippen LogP contribution in [0.25, 0.3) is 0 Å². The molecule has 2 nitrogen and oxygen atoms in total. The summed E-state index contributed by atoms with van der Waals surface area (Å²) < 4.78 is 0.824. The van der Waals surface area contributed by atoms with Crippen LogP contribution in [0.5, 0.6) is 0 Å². The molecule has 0 aliphatic carbocycles. The summed E-state index contributed by atoms with van der Waals surface area (Å²) in [4.78, 5) is 12.9. The van der Waals surface area contributed by atoms with Gasteiger partial charge in [-0.2, -0.15) is 11.3 Å². The molecule has 5 heteroatoms. The highest BCUT2D eigenvalue weighted by Crippen LogP contribution is 2.27. The number of Topliss-reactive ketones (excluding diaryl/α,β-unsaturated/α-hetero) is 1. The SMILES string of the molecule is NC(C(=O)c1cscc1Br)c1cccs1. The Labute approximate surface area is 104 Å². The Bertz CT molecular complexity index is 463. The largest absolute Gasteiger partial charge is 0.317 e. The van der Waals surface area contributed by atoms with Gasteiger partial charge in [0.05, 0.1) is 0 Å². The van der Waals surface area contributed by atoms with E-state index in [0.29, 0.717) is 5.56 Å². The van der Waals surface area contributed by atoms with Crippen molar-refractivity contribution in [2.24, 2.45) is 5.73 Å². The van der Waals surface area contributed by atoms with Crippen LogP contribution in [0.3, 0.4) is 0 Å². The van der Waals surface area contributed by atoms with Crippen molar-refractivity contribution in [2.45, 2.75) is 6.04 Å². The molecule has 1 atom stereocenters. The lowest BCUT2D eigenvalue weighted by Crippen LogP contribution is -2.20. The van der Waals surface area contributed by atoms with E-state index >= 15 is 0 Å². The number of rotatable bonds is 3. The minimum Gasteiger partial charge on any atom is -0.317 e. The summed E-state index contributed by atoms with van der Waals surface area (Å²) in [5.74, 6) is -0.0365. The number of thiophene rings is 2. The van der Waals surface area contributed by atoms with E-state index in [-0.39, 0.29) is 5.78 Å². The van der Waals surface area contributed by atoms with Crippen molar-refractivity contribution in [3.05, 3.63) is 43.2 Å². The van der Waals surface area contributed by atoms with Gasteiger partial charge in [0.1, 0.15) is 6.04 Å². The van der Waals surface area contributed by atoms with E-state index in [4.69, 9.17) is 5.73 Å². The molecule has 2 aromatic heterocycles. The first-order valence-electron chi connectivity index (χ1n) is 4.25. The summed E-state index contributed by atoms with van der Waals surface area (Å²) in [6.45, 7) is 0. The molecular formula is C10H8BrNOS2. The third-order valence-electron chi connectivity index (χ3n) is 2.01. The van der Waals surface area contributed by atoms with E-state index in [1.165, 1.54) is 22.7 Å². The van der Waals surface area contributed by atoms with E-state index in [1.54, 1.807) is 0 Å². The van der Waals surface area contributed by atoms with E-state index < -0.39 is 6.04 Å². The topological polar surface area (TPSA) is 43.1 Å². The Hall–Kier alpha value is -0.490. The first-order chi connectivity index (χ1) is 7.20. The average Bonchev–Trinajstić information content (AvgIpc) is 2.85. The fourth-order valence-electron chi connectivity index (χ4n) is 1.22. The quantitative estimate of drug-likeness (QED) is 0.882. The molecule has 15 heavy (non-hydrogen) atoms. The minimum atomic E-state index is -0.545. The van der Waals surface area contributed by atoms with Crippen molar-refractivity contribution in [3.8, 4) is 0 Å². The average molecular weight is 302 g/mol. The second kappa shape index (κ2) is 4.57. The Balaban J connectivity index is 2.26. The molecule has 0 aliphatic rings.